The Kier molecular flexibility index (Phi) is 7.34. The topological polar surface area (TPSA) is 0 Å². The van der Waals surface area contributed by atoms with Gasteiger partial charge in [-0.25, -0.2) is 0 Å². The molecular weight excluding hydrogens is 260 g/mol. The Morgan fingerprint density at radius 1 is 1.20 bits per heavy atom. The van der Waals surface area contributed by atoms with Crippen LogP contribution in [-0.4, -0.2) is 0 Å². The van der Waals surface area contributed by atoms with Crippen LogP contribution < -0.4 is 0 Å². The normalized spacial score (nSPS) is 11.2. The molecule has 0 amide bonds. The first kappa shape index (κ1) is 17.3. The highest BCUT2D eigenvalue weighted by Gasteiger charge is 2.11. The predicted octanol–water partition coefficient (Wildman–Crippen LogP) is 7.08. The van der Waals surface area contributed by atoms with Crippen molar-refractivity contribution in [2.45, 2.75) is 73.1 Å². The Morgan fingerprint density at radius 3 is 2.50 bits per heavy atom. The molecule has 0 bridgehead atoms. The van der Waals surface area contributed by atoms with Gasteiger partial charge in [0.05, 0.1) is 0 Å². The lowest BCUT2D eigenvalue weighted by atomic mass is 9.88. The van der Waals surface area contributed by atoms with Gasteiger partial charge in [-0.2, -0.15) is 0 Å². The van der Waals surface area contributed by atoms with Crippen LogP contribution in [0.2, 0.25) is 0 Å². The number of hydrogen-bond donors (Lipinski definition) is 0. The van der Waals surface area contributed by atoms with Crippen molar-refractivity contribution in [2.75, 3.05) is 0 Å². The molecule has 1 aromatic rings. The Bertz CT molecular complexity index is 437. The van der Waals surface area contributed by atoms with E-state index in [9.17, 15) is 0 Å². The molecule has 0 atom stereocenters. The van der Waals surface area contributed by atoms with Gasteiger partial charge in [-0.05, 0) is 48.6 Å². The molecule has 0 aliphatic heterocycles. The molecule has 0 radical (unpaired) electrons. The van der Waals surface area contributed by atoms with Gasteiger partial charge in [-0.15, -0.1) is 17.1 Å². The van der Waals surface area contributed by atoms with Gasteiger partial charge in [0.25, 0.3) is 0 Å². The standard InChI is InChI=1S/C19H30S/c1-6-7-8-9-11-17(18-12-10-13-20-18)14-16(2)15-19(3,4)5/h10,12-13H,6-9,11,15H2,1-5H3. The minimum atomic E-state index is 0.347. The van der Waals surface area contributed by atoms with Crippen molar-refractivity contribution in [3.8, 4) is 0 Å². The summed E-state index contributed by atoms with van der Waals surface area (Å²) in [6.07, 6.45) is 7.57. The van der Waals surface area contributed by atoms with Crippen LogP contribution >= 0.6 is 11.3 Å². The highest BCUT2D eigenvalue weighted by Crippen LogP contribution is 2.28. The van der Waals surface area contributed by atoms with Crippen LogP contribution in [0.5, 0.6) is 0 Å². The van der Waals surface area contributed by atoms with E-state index in [1.807, 2.05) is 11.3 Å². The summed E-state index contributed by atoms with van der Waals surface area (Å²) in [6.45, 7) is 11.4. The average Bonchev–Trinajstić information content (AvgIpc) is 2.84. The first-order valence-electron chi connectivity index (χ1n) is 7.91. The molecule has 20 heavy (non-hydrogen) atoms. The fourth-order valence-corrected chi connectivity index (χ4v) is 3.28. The second-order valence-electron chi connectivity index (χ2n) is 6.91. The summed E-state index contributed by atoms with van der Waals surface area (Å²) >= 11 is 1.84. The lowest BCUT2D eigenvalue weighted by Gasteiger charge is -2.17. The van der Waals surface area contributed by atoms with Gasteiger partial charge in [0.2, 0.25) is 0 Å². The van der Waals surface area contributed by atoms with E-state index < -0.39 is 0 Å². The summed E-state index contributed by atoms with van der Waals surface area (Å²) in [6, 6.07) is 4.38. The van der Waals surface area contributed by atoms with Gasteiger partial charge in [0, 0.05) is 10.5 Å². The third-order valence-electron chi connectivity index (χ3n) is 3.26. The molecule has 1 aromatic heterocycles. The Morgan fingerprint density at radius 2 is 1.95 bits per heavy atom. The van der Waals surface area contributed by atoms with E-state index in [2.05, 4.69) is 57.9 Å². The van der Waals surface area contributed by atoms with Crippen molar-refractivity contribution in [1.82, 2.24) is 0 Å². The second kappa shape index (κ2) is 8.49. The summed E-state index contributed by atoms with van der Waals surface area (Å²) in [5.74, 6) is 0. The van der Waals surface area contributed by atoms with Crippen LogP contribution in [0, 0.1) is 5.41 Å². The van der Waals surface area contributed by atoms with Crippen LogP contribution in [0.1, 0.15) is 78.0 Å². The molecule has 1 heteroatoms. The zero-order valence-corrected chi connectivity index (χ0v) is 14.7. The first-order valence-corrected chi connectivity index (χ1v) is 8.79. The summed E-state index contributed by atoms with van der Waals surface area (Å²) in [7, 11) is 0. The number of thiophene rings is 1. The van der Waals surface area contributed by atoms with Crippen LogP contribution in [0.15, 0.2) is 28.8 Å². The average molecular weight is 291 g/mol. The third kappa shape index (κ3) is 7.12. The van der Waals surface area contributed by atoms with Crippen LogP contribution in [0.25, 0.3) is 5.57 Å². The van der Waals surface area contributed by atoms with E-state index in [1.54, 1.807) is 0 Å². The Hall–Kier alpha value is -0.780. The smallest absolute Gasteiger partial charge is 0.0379 e. The molecule has 112 valence electrons. The Balaban J connectivity index is 2.84. The predicted molar refractivity (Wildman–Crippen MR) is 93.3 cm³/mol. The summed E-state index contributed by atoms with van der Waals surface area (Å²) in [4.78, 5) is 1.40. The number of allylic oxidation sites excluding steroid dienone is 1. The highest BCUT2D eigenvalue weighted by molar-refractivity contribution is 7.11. The molecule has 0 aliphatic carbocycles. The number of unbranched alkanes of at least 4 members (excludes halogenated alkanes) is 3. The van der Waals surface area contributed by atoms with Crippen molar-refractivity contribution < 1.29 is 0 Å². The van der Waals surface area contributed by atoms with Crippen molar-refractivity contribution in [3.05, 3.63) is 33.7 Å². The first-order chi connectivity index (χ1) is 9.42. The fraction of sp³-hybridized carbons (Fsp3) is 0.632. The Labute approximate surface area is 129 Å². The van der Waals surface area contributed by atoms with Gasteiger partial charge in [0.1, 0.15) is 0 Å². The van der Waals surface area contributed by atoms with Crippen molar-refractivity contribution in [1.29, 1.82) is 0 Å². The quantitative estimate of drug-likeness (QED) is 0.371. The molecular formula is C19H30S. The van der Waals surface area contributed by atoms with Gasteiger partial charge < -0.3 is 0 Å². The highest BCUT2D eigenvalue weighted by atomic mass is 32.1. The van der Waals surface area contributed by atoms with Crippen LogP contribution in [-0.2, 0) is 0 Å². The van der Waals surface area contributed by atoms with Gasteiger partial charge in [-0.1, -0.05) is 53.0 Å². The lowest BCUT2D eigenvalue weighted by Crippen LogP contribution is -2.04. The number of hydrogen-bond acceptors (Lipinski definition) is 1. The van der Waals surface area contributed by atoms with Crippen molar-refractivity contribution in [3.63, 3.8) is 0 Å². The van der Waals surface area contributed by atoms with Crippen molar-refractivity contribution >= 4 is 16.9 Å². The third-order valence-corrected chi connectivity index (χ3v) is 4.19. The molecule has 1 rings (SSSR count). The SMILES string of the molecule is CCCCCCC(=C=C(C)CC(C)(C)C)c1cccs1. The summed E-state index contributed by atoms with van der Waals surface area (Å²) < 4.78 is 0. The molecule has 0 spiro atoms. The van der Waals surface area contributed by atoms with E-state index in [4.69, 9.17) is 0 Å². The molecule has 1 heterocycles. The molecule has 0 unspecified atom stereocenters. The second-order valence-corrected chi connectivity index (χ2v) is 7.86. The van der Waals surface area contributed by atoms with Crippen LogP contribution in [0.4, 0.5) is 0 Å². The monoisotopic (exact) mass is 290 g/mol. The summed E-state index contributed by atoms with van der Waals surface area (Å²) in [5.41, 5.74) is 6.84. The summed E-state index contributed by atoms with van der Waals surface area (Å²) in [5, 5.41) is 2.17. The van der Waals surface area contributed by atoms with Gasteiger partial charge in [-0.3, -0.25) is 0 Å². The van der Waals surface area contributed by atoms with Crippen LogP contribution in [0.3, 0.4) is 0 Å². The van der Waals surface area contributed by atoms with Crippen molar-refractivity contribution in [2.24, 2.45) is 5.41 Å². The molecule has 0 nitrogen and oxygen atoms in total. The molecule has 0 fully saturated rings. The molecule has 0 N–H and O–H groups in total. The van der Waals surface area contributed by atoms with E-state index in [1.165, 1.54) is 48.1 Å². The molecule has 0 aromatic carbocycles. The molecule has 0 saturated heterocycles. The van der Waals surface area contributed by atoms with E-state index in [0.29, 0.717) is 5.41 Å². The lowest BCUT2D eigenvalue weighted by molar-refractivity contribution is 0.410. The van der Waals surface area contributed by atoms with E-state index in [-0.39, 0.29) is 0 Å². The minimum absolute atomic E-state index is 0.347. The largest absolute Gasteiger partial charge is 0.144 e. The maximum atomic E-state index is 3.70. The molecule has 0 saturated carbocycles. The zero-order chi connectivity index (χ0) is 15.0. The maximum absolute atomic E-state index is 3.70. The zero-order valence-electron chi connectivity index (χ0n) is 13.9. The fourth-order valence-electron chi connectivity index (χ4n) is 2.52. The molecule has 0 aliphatic rings. The van der Waals surface area contributed by atoms with Gasteiger partial charge in [0.15, 0.2) is 0 Å². The maximum Gasteiger partial charge on any atom is 0.0379 e. The minimum Gasteiger partial charge on any atom is -0.144 e. The van der Waals surface area contributed by atoms with Gasteiger partial charge >= 0.3 is 0 Å². The number of rotatable bonds is 7. The van der Waals surface area contributed by atoms with E-state index >= 15 is 0 Å². The van der Waals surface area contributed by atoms with E-state index in [0.717, 1.165) is 6.42 Å².